The predicted octanol–water partition coefficient (Wildman–Crippen LogP) is 3.68. The summed E-state index contributed by atoms with van der Waals surface area (Å²) in [5, 5.41) is 7.57. The van der Waals surface area contributed by atoms with Crippen LogP contribution in [0.5, 0.6) is 0 Å². The summed E-state index contributed by atoms with van der Waals surface area (Å²) < 4.78 is 1.80. The summed E-state index contributed by atoms with van der Waals surface area (Å²) in [6.45, 7) is 6.60. The second-order valence-corrected chi connectivity index (χ2v) is 9.12. The van der Waals surface area contributed by atoms with Gasteiger partial charge in [-0.25, -0.2) is 4.98 Å². The van der Waals surface area contributed by atoms with Gasteiger partial charge in [0.25, 0.3) is 11.8 Å². The maximum absolute atomic E-state index is 13.4. The van der Waals surface area contributed by atoms with E-state index in [0.29, 0.717) is 29.2 Å². The molecule has 0 aliphatic carbocycles. The highest BCUT2D eigenvalue weighted by atomic mass is 16.2. The standard InChI is InChI=1S/C27H27N7O2/c1-17(2)34-16-31-25(32-34)23-15-33(27(36)19-7-5-4-6-8-19)24-10-9-20(11-22(23)24)26(35)30-14-21-13-28-18(3)12-29-21/h4-13,16-17,23H,14-15H2,1-3H3,(H,30,35)/t23-/m0/s1. The number of hydrogen-bond acceptors (Lipinski definition) is 6. The number of aryl methyl sites for hydroxylation is 1. The molecule has 0 bridgehead atoms. The first-order chi connectivity index (χ1) is 17.4. The minimum absolute atomic E-state index is 0.0993. The molecular formula is C27H27N7O2. The molecule has 2 aromatic carbocycles. The molecule has 0 saturated heterocycles. The van der Waals surface area contributed by atoms with E-state index in [2.05, 4.69) is 25.4 Å². The topological polar surface area (TPSA) is 106 Å². The van der Waals surface area contributed by atoms with Gasteiger partial charge in [0.1, 0.15) is 6.33 Å². The van der Waals surface area contributed by atoms with Gasteiger partial charge in [0.05, 0.1) is 30.0 Å². The van der Waals surface area contributed by atoms with Crippen molar-refractivity contribution in [3.8, 4) is 0 Å². The summed E-state index contributed by atoms with van der Waals surface area (Å²) in [6.07, 6.45) is 5.03. The molecule has 3 heterocycles. The highest BCUT2D eigenvalue weighted by molar-refractivity contribution is 6.08. The molecule has 1 aliphatic heterocycles. The van der Waals surface area contributed by atoms with Crippen molar-refractivity contribution in [1.82, 2.24) is 30.0 Å². The van der Waals surface area contributed by atoms with E-state index in [1.54, 1.807) is 46.5 Å². The van der Waals surface area contributed by atoms with Gasteiger partial charge >= 0.3 is 0 Å². The van der Waals surface area contributed by atoms with Crippen molar-refractivity contribution in [2.75, 3.05) is 11.4 Å². The summed E-state index contributed by atoms with van der Waals surface area (Å²) >= 11 is 0. The smallest absolute Gasteiger partial charge is 0.258 e. The number of fused-ring (bicyclic) bond motifs is 1. The molecular weight excluding hydrogens is 454 g/mol. The van der Waals surface area contributed by atoms with Crippen LogP contribution in [0.3, 0.4) is 0 Å². The average molecular weight is 482 g/mol. The summed E-state index contributed by atoms with van der Waals surface area (Å²) in [7, 11) is 0. The molecule has 1 atom stereocenters. The molecule has 1 N–H and O–H groups in total. The van der Waals surface area contributed by atoms with Gasteiger partial charge in [0.15, 0.2) is 5.82 Å². The number of amides is 2. The third kappa shape index (κ3) is 4.59. The van der Waals surface area contributed by atoms with Gasteiger partial charge < -0.3 is 10.2 Å². The minimum atomic E-state index is -0.247. The van der Waals surface area contributed by atoms with Gasteiger partial charge in [-0.3, -0.25) is 24.2 Å². The zero-order valence-electron chi connectivity index (χ0n) is 20.4. The van der Waals surface area contributed by atoms with Crippen LogP contribution in [-0.4, -0.2) is 43.1 Å². The van der Waals surface area contributed by atoms with Gasteiger partial charge in [-0.05, 0) is 56.7 Å². The number of rotatable bonds is 6. The van der Waals surface area contributed by atoms with Crippen molar-refractivity contribution in [3.63, 3.8) is 0 Å². The van der Waals surface area contributed by atoms with E-state index in [1.807, 2.05) is 51.1 Å². The van der Waals surface area contributed by atoms with Gasteiger partial charge in [0, 0.05) is 35.6 Å². The number of nitrogens with zero attached hydrogens (tertiary/aromatic N) is 6. The van der Waals surface area contributed by atoms with Gasteiger partial charge in [-0.1, -0.05) is 18.2 Å². The van der Waals surface area contributed by atoms with E-state index in [0.717, 1.165) is 16.9 Å². The summed E-state index contributed by atoms with van der Waals surface area (Å²) in [5.41, 5.74) is 4.20. The van der Waals surface area contributed by atoms with E-state index in [4.69, 9.17) is 0 Å². The molecule has 36 heavy (non-hydrogen) atoms. The van der Waals surface area contributed by atoms with Crippen LogP contribution >= 0.6 is 0 Å². The second kappa shape index (κ2) is 9.69. The van der Waals surface area contributed by atoms with Crippen molar-refractivity contribution in [2.24, 2.45) is 0 Å². The highest BCUT2D eigenvalue weighted by Crippen LogP contribution is 2.40. The van der Waals surface area contributed by atoms with Crippen molar-refractivity contribution in [2.45, 2.75) is 39.3 Å². The molecule has 1 aliphatic rings. The first-order valence-corrected chi connectivity index (χ1v) is 11.9. The van der Waals surface area contributed by atoms with Crippen LogP contribution in [0.1, 0.15) is 69.3 Å². The lowest BCUT2D eigenvalue weighted by Gasteiger charge is -2.18. The lowest BCUT2D eigenvalue weighted by Crippen LogP contribution is -2.30. The largest absolute Gasteiger partial charge is 0.346 e. The Bertz CT molecular complexity index is 1400. The number of aromatic nitrogens is 5. The Morgan fingerprint density at radius 1 is 1.03 bits per heavy atom. The first-order valence-electron chi connectivity index (χ1n) is 11.9. The molecule has 0 saturated carbocycles. The van der Waals surface area contributed by atoms with Crippen LogP contribution < -0.4 is 10.2 Å². The summed E-state index contributed by atoms with van der Waals surface area (Å²) in [6, 6.07) is 14.7. The quantitative estimate of drug-likeness (QED) is 0.450. The lowest BCUT2D eigenvalue weighted by molar-refractivity contribution is 0.0949. The third-order valence-electron chi connectivity index (χ3n) is 6.22. The van der Waals surface area contributed by atoms with Crippen molar-refractivity contribution in [3.05, 3.63) is 101 Å². The maximum Gasteiger partial charge on any atom is 0.258 e. The second-order valence-electron chi connectivity index (χ2n) is 9.12. The van der Waals surface area contributed by atoms with Crippen molar-refractivity contribution >= 4 is 17.5 Å². The number of nitrogens with one attached hydrogen (secondary N) is 1. The highest BCUT2D eigenvalue weighted by Gasteiger charge is 2.36. The minimum Gasteiger partial charge on any atom is -0.346 e. The molecule has 0 spiro atoms. The van der Waals surface area contributed by atoms with E-state index < -0.39 is 0 Å². The normalized spacial score (nSPS) is 14.7. The zero-order valence-corrected chi connectivity index (χ0v) is 20.4. The van der Waals surface area contributed by atoms with Crippen LogP contribution in [0.2, 0.25) is 0 Å². The fourth-order valence-electron chi connectivity index (χ4n) is 4.23. The van der Waals surface area contributed by atoms with Crippen molar-refractivity contribution in [1.29, 1.82) is 0 Å². The molecule has 9 heteroatoms. The molecule has 0 radical (unpaired) electrons. The van der Waals surface area contributed by atoms with Crippen LogP contribution in [0.15, 0.2) is 67.3 Å². The van der Waals surface area contributed by atoms with Crippen molar-refractivity contribution < 1.29 is 9.59 Å². The Hall–Kier alpha value is -4.40. The van der Waals surface area contributed by atoms with E-state index in [1.165, 1.54) is 0 Å². The number of benzene rings is 2. The SMILES string of the molecule is Cc1cnc(CNC(=O)c2ccc3c(c2)[C@@H](c2ncn(C(C)C)n2)CN3C(=O)c2ccccc2)cn1. The van der Waals surface area contributed by atoms with Crippen LogP contribution in [0.4, 0.5) is 5.69 Å². The zero-order chi connectivity index (χ0) is 25.2. The van der Waals surface area contributed by atoms with Gasteiger partial charge in [-0.15, -0.1) is 0 Å². The Labute approximate surface area is 209 Å². The molecule has 182 valence electrons. The molecule has 0 unspecified atom stereocenters. The van der Waals surface area contributed by atoms with Crippen LogP contribution in [0, 0.1) is 6.92 Å². The molecule has 0 fully saturated rings. The Kier molecular flexibility index (Phi) is 6.28. The number of hydrogen-bond donors (Lipinski definition) is 1. The van der Waals surface area contributed by atoms with Gasteiger partial charge in [-0.2, -0.15) is 5.10 Å². The molecule has 2 aromatic heterocycles. The molecule has 4 aromatic rings. The lowest BCUT2D eigenvalue weighted by atomic mass is 9.98. The maximum atomic E-state index is 13.4. The first kappa shape index (κ1) is 23.3. The van der Waals surface area contributed by atoms with Gasteiger partial charge in [0.2, 0.25) is 0 Å². The van der Waals surface area contributed by atoms with Crippen LogP contribution in [-0.2, 0) is 6.54 Å². The third-order valence-corrected chi connectivity index (χ3v) is 6.22. The Morgan fingerprint density at radius 2 is 1.83 bits per heavy atom. The van der Waals surface area contributed by atoms with E-state index in [9.17, 15) is 9.59 Å². The Balaban J connectivity index is 1.45. The summed E-state index contributed by atoms with van der Waals surface area (Å²) in [5.74, 6) is 0.0504. The van der Waals surface area contributed by atoms with E-state index >= 15 is 0 Å². The average Bonchev–Trinajstić information content (AvgIpc) is 3.53. The van der Waals surface area contributed by atoms with E-state index in [-0.39, 0.29) is 30.3 Å². The van der Waals surface area contributed by atoms with Crippen LogP contribution in [0.25, 0.3) is 0 Å². The number of carbonyl (C=O) groups is 2. The Morgan fingerprint density at radius 3 is 2.53 bits per heavy atom. The molecule has 9 nitrogen and oxygen atoms in total. The fourth-order valence-corrected chi connectivity index (χ4v) is 4.23. The predicted molar refractivity (Wildman–Crippen MR) is 135 cm³/mol. The molecule has 5 rings (SSSR count). The fraction of sp³-hybridized carbons (Fsp3) is 0.259. The summed E-state index contributed by atoms with van der Waals surface area (Å²) in [4.78, 5) is 41.2. The monoisotopic (exact) mass is 481 g/mol. The number of anilines is 1. The number of carbonyl (C=O) groups excluding carboxylic acids is 2. The molecule has 2 amide bonds.